The number of piperidine rings is 1. The van der Waals surface area contributed by atoms with Crippen LogP contribution in [0.15, 0.2) is 23.3 Å². The van der Waals surface area contributed by atoms with Crippen LogP contribution in [0.3, 0.4) is 0 Å². The summed E-state index contributed by atoms with van der Waals surface area (Å²) in [6, 6.07) is 4.05. The normalized spacial score (nSPS) is 15.8. The van der Waals surface area contributed by atoms with Crippen molar-refractivity contribution >= 4 is 17.7 Å². The molecule has 0 spiro atoms. The summed E-state index contributed by atoms with van der Waals surface area (Å²) in [6.07, 6.45) is 5.71. The molecule has 144 valence electrons. The standard InChI is InChI=1S/C19H32N6O/c1-4-5-11-24(3)19(21-2)23-14-16-7-6-10-22-18(16)25-12-8-15(9-13-25)17(20)26/h6-7,10,15H,4-5,8-9,11-14H2,1-3H3,(H2,20,26)(H,21,23). The number of aliphatic imine (C=N–C) groups is 1. The molecule has 1 amide bonds. The van der Waals surface area contributed by atoms with Crippen LogP contribution in [0.4, 0.5) is 5.82 Å². The molecule has 2 heterocycles. The second-order valence-electron chi connectivity index (χ2n) is 6.83. The van der Waals surface area contributed by atoms with E-state index in [1.807, 2.05) is 19.3 Å². The van der Waals surface area contributed by atoms with Gasteiger partial charge in [-0.1, -0.05) is 19.4 Å². The summed E-state index contributed by atoms with van der Waals surface area (Å²) in [4.78, 5) is 24.7. The molecule has 2 rings (SSSR count). The van der Waals surface area contributed by atoms with Gasteiger partial charge in [-0.3, -0.25) is 9.79 Å². The summed E-state index contributed by atoms with van der Waals surface area (Å²) in [5, 5.41) is 3.44. The van der Waals surface area contributed by atoms with Gasteiger partial charge in [-0.2, -0.15) is 0 Å². The molecule has 26 heavy (non-hydrogen) atoms. The van der Waals surface area contributed by atoms with Crippen LogP contribution in [0.5, 0.6) is 0 Å². The number of primary amides is 1. The van der Waals surface area contributed by atoms with E-state index in [0.29, 0.717) is 6.54 Å². The molecule has 0 saturated carbocycles. The Kier molecular flexibility index (Phi) is 7.69. The van der Waals surface area contributed by atoms with Crippen LogP contribution in [-0.4, -0.2) is 55.5 Å². The maximum Gasteiger partial charge on any atom is 0.220 e. The molecule has 7 nitrogen and oxygen atoms in total. The lowest BCUT2D eigenvalue weighted by Gasteiger charge is -2.32. The van der Waals surface area contributed by atoms with Crippen molar-refractivity contribution in [1.29, 1.82) is 0 Å². The van der Waals surface area contributed by atoms with E-state index in [1.165, 1.54) is 0 Å². The van der Waals surface area contributed by atoms with Crippen LogP contribution >= 0.6 is 0 Å². The molecular weight excluding hydrogens is 328 g/mol. The topological polar surface area (TPSA) is 86.8 Å². The van der Waals surface area contributed by atoms with Crippen molar-refractivity contribution in [3.05, 3.63) is 23.9 Å². The fourth-order valence-electron chi connectivity index (χ4n) is 3.29. The molecule has 1 aromatic heterocycles. The predicted octanol–water partition coefficient (Wildman–Crippen LogP) is 1.59. The number of hydrogen-bond donors (Lipinski definition) is 2. The first-order valence-electron chi connectivity index (χ1n) is 9.46. The third-order valence-corrected chi connectivity index (χ3v) is 4.92. The lowest BCUT2D eigenvalue weighted by molar-refractivity contribution is -0.122. The molecule has 1 fully saturated rings. The number of carbonyl (C=O) groups is 1. The van der Waals surface area contributed by atoms with E-state index in [0.717, 1.165) is 62.7 Å². The van der Waals surface area contributed by atoms with Crippen LogP contribution < -0.4 is 16.0 Å². The van der Waals surface area contributed by atoms with Crippen molar-refractivity contribution in [2.75, 3.05) is 38.6 Å². The van der Waals surface area contributed by atoms with Gasteiger partial charge in [0.1, 0.15) is 5.82 Å². The second kappa shape index (κ2) is 9.99. The van der Waals surface area contributed by atoms with Gasteiger partial charge in [0.2, 0.25) is 5.91 Å². The molecule has 3 N–H and O–H groups in total. The third-order valence-electron chi connectivity index (χ3n) is 4.92. The van der Waals surface area contributed by atoms with Gasteiger partial charge in [0.25, 0.3) is 0 Å². The number of hydrogen-bond acceptors (Lipinski definition) is 4. The number of pyridine rings is 1. The van der Waals surface area contributed by atoms with Crippen molar-refractivity contribution in [2.45, 2.75) is 39.2 Å². The highest BCUT2D eigenvalue weighted by Gasteiger charge is 2.25. The Balaban J connectivity index is 1.99. The molecule has 0 radical (unpaired) electrons. The van der Waals surface area contributed by atoms with Crippen LogP contribution in [0.2, 0.25) is 0 Å². The van der Waals surface area contributed by atoms with E-state index in [1.54, 1.807) is 0 Å². The number of anilines is 1. The molecule has 7 heteroatoms. The van der Waals surface area contributed by atoms with Crippen molar-refractivity contribution in [3.63, 3.8) is 0 Å². The Morgan fingerprint density at radius 3 is 2.81 bits per heavy atom. The van der Waals surface area contributed by atoms with E-state index in [4.69, 9.17) is 5.73 Å². The Morgan fingerprint density at radius 1 is 1.46 bits per heavy atom. The summed E-state index contributed by atoms with van der Waals surface area (Å²) in [6.45, 7) is 5.46. The first-order valence-corrected chi connectivity index (χ1v) is 9.46. The molecule has 0 unspecified atom stereocenters. The number of amides is 1. The van der Waals surface area contributed by atoms with Gasteiger partial charge >= 0.3 is 0 Å². The lowest BCUT2D eigenvalue weighted by atomic mass is 9.96. The van der Waals surface area contributed by atoms with Gasteiger partial charge in [0.05, 0.1) is 0 Å². The maximum atomic E-state index is 11.4. The zero-order valence-electron chi connectivity index (χ0n) is 16.2. The number of nitrogens with two attached hydrogens (primary N) is 1. The van der Waals surface area contributed by atoms with E-state index in [-0.39, 0.29) is 11.8 Å². The Morgan fingerprint density at radius 2 is 2.19 bits per heavy atom. The second-order valence-corrected chi connectivity index (χ2v) is 6.83. The van der Waals surface area contributed by atoms with Crippen molar-refractivity contribution < 1.29 is 4.79 Å². The number of aromatic nitrogens is 1. The number of nitrogens with one attached hydrogen (secondary N) is 1. The van der Waals surface area contributed by atoms with Crippen LogP contribution in [0.25, 0.3) is 0 Å². The smallest absolute Gasteiger partial charge is 0.220 e. The average Bonchev–Trinajstić information content (AvgIpc) is 2.67. The Bertz CT molecular complexity index is 610. The summed E-state index contributed by atoms with van der Waals surface area (Å²) in [7, 11) is 3.87. The number of rotatable bonds is 7. The largest absolute Gasteiger partial charge is 0.369 e. The van der Waals surface area contributed by atoms with Gasteiger partial charge in [0, 0.05) is 58.0 Å². The SMILES string of the molecule is CCCCN(C)C(=NC)NCc1cccnc1N1CCC(C(N)=O)CC1. The van der Waals surface area contributed by atoms with E-state index in [2.05, 4.69) is 45.1 Å². The summed E-state index contributed by atoms with van der Waals surface area (Å²) < 4.78 is 0. The first-order chi connectivity index (χ1) is 12.6. The van der Waals surface area contributed by atoms with Crippen LogP contribution in [-0.2, 0) is 11.3 Å². The quantitative estimate of drug-likeness (QED) is 0.570. The van der Waals surface area contributed by atoms with Crippen molar-refractivity contribution in [1.82, 2.24) is 15.2 Å². The number of carbonyl (C=O) groups excluding carboxylic acids is 1. The predicted molar refractivity (Wildman–Crippen MR) is 106 cm³/mol. The van der Waals surface area contributed by atoms with Gasteiger partial charge in [-0.25, -0.2) is 4.98 Å². The van der Waals surface area contributed by atoms with Crippen LogP contribution in [0, 0.1) is 5.92 Å². The fraction of sp³-hybridized carbons (Fsp3) is 0.632. The monoisotopic (exact) mass is 360 g/mol. The third kappa shape index (κ3) is 5.34. The summed E-state index contributed by atoms with van der Waals surface area (Å²) in [5.41, 5.74) is 6.57. The zero-order chi connectivity index (χ0) is 18.9. The molecule has 0 aromatic carbocycles. The van der Waals surface area contributed by atoms with Crippen LogP contribution in [0.1, 0.15) is 38.2 Å². The molecule has 0 bridgehead atoms. The minimum atomic E-state index is -0.188. The zero-order valence-corrected chi connectivity index (χ0v) is 16.2. The van der Waals surface area contributed by atoms with Crippen molar-refractivity contribution in [2.24, 2.45) is 16.6 Å². The van der Waals surface area contributed by atoms with Gasteiger partial charge < -0.3 is 20.9 Å². The number of nitrogens with zero attached hydrogens (tertiary/aromatic N) is 4. The van der Waals surface area contributed by atoms with Gasteiger partial charge in [-0.05, 0) is 25.3 Å². The highest BCUT2D eigenvalue weighted by atomic mass is 16.1. The van der Waals surface area contributed by atoms with Gasteiger partial charge in [0.15, 0.2) is 5.96 Å². The molecule has 1 aliphatic heterocycles. The molecule has 0 atom stereocenters. The van der Waals surface area contributed by atoms with Crippen molar-refractivity contribution in [3.8, 4) is 0 Å². The molecule has 1 saturated heterocycles. The highest BCUT2D eigenvalue weighted by molar-refractivity contribution is 5.79. The Hall–Kier alpha value is -2.31. The Labute approximate surface area is 156 Å². The van der Waals surface area contributed by atoms with E-state index < -0.39 is 0 Å². The van der Waals surface area contributed by atoms with Gasteiger partial charge in [-0.15, -0.1) is 0 Å². The summed E-state index contributed by atoms with van der Waals surface area (Å²) in [5.74, 6) is 1.67. The molecule has 0 aliphatic carbocycles. The lowest BCUT2D eigenvalue weighted by Crippen LogP contribution is -2.41. The first kappa shape index (κ1) is 20.0. The van der Waals surface area contributed by atoms with E-state index >= 15 is 0 Å². The minimum absolute atomic E-state index is 0.0115. The highest BCUT2D eigenvalue weighted by Crippen LogP contribution is 2.24. The fourth-order valence-corrected chi connectivity index (χ4v) is 3.29. The average molecular weight is 361 g/mol. The number of guanidine groups is 1. The maximum absolute atomic E-state index is 11.4. The minimum Gasteiger partial charge on any atom is -0.369 e. The summed E-state index contributed by atoms with van der Waals surface area (Å²) >= 11 is 0. The number of unbranched alkanes of at least 4 members (excludes halogenated alkanes) is 1. The molecule has 1 aromatic rings. The molecule has 1 aliphatic rings. The molecular formula is C19H32N6O. The van der Waals surface area contributed by atoms with E-state index in [9.17, 15) is 4.79 Å².